The van der Waals surface area contributed by atoms with Gasteiger partial charge in [-0.15, -0.1) is 0 Å². The van der Waals surface area contributed by atoms with Crippen LogP contribution in [0.15, 0.2) is 0 Å². The average Bonchev–Trinajstić information content (AvgIpc) is 2.35. The van der Waals surface area contributed by atoms with Gasteiger partial charge >= 0.3 is 5.97 Å². The highest BCUT2D eigenvalue weighted by Gasteiger charge is 2.27. The van der Waals surface area contributed by atoms with Gasteiger partial charge in [0.15, 0.2) is 0 Å². The summed E-state index contributed by atoms with van der Waals surface area (Å²) in [6, 6.07) is 0.442. The minimum atomic E-state index is -0.904. The number of amides is 1. The van der Waals surface area contributed by atoms with Crippen LogP contribution in [0, 0.1) is 5.41 Å². The fourth-order valence-corrected chi connectivity index (χ4v) is 1.96. The number of carboxylic acid groups (broad SMARTS) is 1. The lowest BCUT2D eigenvalue weighted by Crippen LogP contribution is -2.40. The van der Waals surface area contributed by atoms with Crippen molar-refractivity contribution in [1.82, 2.24) is 10.6 Å². The van der Waals surface area contributed by atoms with Crippen LogP contribution in [-0.4, -0.2) is 36.1 Å². The van der Waals surface area contributed by atoms with E-state index in [9.17, 15) is 9.59 Å². The van der Waals surface area contributed by atoms with E-state index in [1.807, 2.05) is 0 Å². The lowest BCUT2D eigenvalue weighted by Gasteiger charge is -2.23. The molecule has 0 aromatic carbocycles. The highest BCUT2D eigenvalue weighted by Crippen LogP contribution is 2.14. The van der Waals surface area contributed by atoms with E-state index in [0.29, 0.717) is 12.5 Å². The first-order valence-corrected chi connectivity index (χ1v) is 6.65. The largest absolute Gasteiger partial charge is 0.481 e. The van der Waals surface area contributed by atoms with Gasteiger partial charge in [-0.05, 0) is 39.7 Å². The summed E-state index contributed by atoms with van der Waals surface area (Å²) in [6.45, 7) is 4.44. The van der Waals surface area contributed by atoms with Gasteiger partial charge in [-0.3, -0.25) is 9.59 Å². The molecule has 5 heteroatoms. The molecular formula is C13H24N2O3. The van der Waals surface area contributed by atoms with Crippen LogP contribution in [-0.2, 0) is 9.59 Å². The fraction of sp³-hybridized carbons (Fsp3) is 0.846. The van der Waals surface area contributed by atoms with Gasteiger partial charge in [-0.1, -0.05) is 6.42 Å². The third-order valence-electron chi connectivity index (χ3n) is 3.44. The molecule has 0 spiro atoms. The van der Waals surface area contributed by atoms with Crippen LogP contribution in [0.3, 0.4) is 0 Å². The molecule has 0 radical (unpaired) electrons. The molecule has 1 aliphatic rings. The van der Waals surface area contributed by atoms with Crippen LogP contribution in [0.2, 0.25) is 0 Å². The van der Waals surface area contributed by atoms with E-state index in [4.69, 9.17) is 5.11 Å². The van der Waals surface area contributed by atoms with Crippen molar-refractivity contribution in [2.75, 3.05) is 13.1 Å². The Balaban J connectivity index is 2.19. The number of hydrogen-bond donors (Lipinski definition) is 3. The quantitative estimate of drug-likeness (QED) is 0.666. The highest BCUT2D eigenvalue weighted by atomic mass is 16.4. The molecule has 0 aromatic rings. The van der Waals surface area contributed by atoms with Crippen LogP contribution >= 0.6 is 0 Å². The molecule has 3 N–H and O–H groups in total. The molecule has 1 heterocycles. The molecule has 1 saturated heterocycles. The molecule has 0 saturated carbocycles. The van der Waals surface area contributed by atoms with Crippen molar-refractivity contribution in [2.45, 2.75) is 52.0 Å². The van der Waals surface area contributed by atoms with Crippen molar-refractivity contribution < 1.29 is 14.7 Å². The Morgan fingerprint density at radius 1 is 1.39 bits per heavy atom. The van der Waals surface area contributed by atoms with Gasteiger partial charge in [0.05, 0.1) is 5.41 Å². The second-order valence-corrected chi connectivity index (χ2v) is 5.65. The van der Waals surface area contributed by atoms with Gasteiger partial charge < -0.3 is 15.7 Å². The van der Waals surface area contributed by atoms with Crippen LogP contribution in [0.5, 0.6) is 0 Å². The summed E-state index contributed by atoms with van der Waals surface area (Å²) in [7, 11) is 0. The summed E-state index contributed by atoms with van der Waals surface area (Å²) in [4.78, 5) is 22.5. The van der Waals surface area contributed by atoms with E-state index in [2.05, 4.69) is 10.6 Å². The molecule has 0 aliphatic carbocycles. The number of carbonyl (C=O) groups excluding carboxylic acids is 1. The first kappa shape index (κ1) is 15.0. The highest BCUT2D eigenvalue weighted by molar-refractivity contribution is 5.78. The number of carbonyl (C=O) groups is 2. The predicted molar refractivity (Wildman–Crippen MR) is 69.3 cm³/mol. The van der Waals surface area contributed by atoms with Gasteiger partial charge in [-0.2, -0.15) is 0 Å². The lowest BCUT2D eigenvalue weighted by molar-refractivity contribution is -0.146. The maximum absolute atomic E-state index is 11.6. The molecule has 104 valence electrons. The van der Waals surface area contributed by atoms with E-state index in [1.165, 1.54) is 12.8 Å². The molecule has 1 unspecified atom stereocenters. The Kier molecular flexibility index (Phi) is 5.59. The Hall–Kier alpha value is -1.10. The molecule has 1 aliphatic heterocycles. The summed E-state index contributed by atoms with van der Waals surface area (Å²) < 4.78 is 0. The minimum absolute atomic E-state index is 0.0586. The third-order valence-corrected chi connectivity index (χ3v) is 3.44. The molecule has 1 atom stereocenters. The lowest BCUT2D eigenvalue weighted by atomic mass is 9.94. The van der Waals surface area contributed by atoms with E-state index >= 15 is 0 Å². The molecular weight excluding hydrogens is 232 g/mol. The first-order valence-electron chi connectivity index (χ1n) is 6.65. The van der Waals surface area contributed by atoms with Gasteiger partial charge in [0.2, 0.25) is 5.91 Å². The topological polar surface area (TPSA) is 78.4 Å². The zero-order valence-corrected chi connectivity index (χ0v) is 11.3. The van der Waals surface area contributed by atoms with Crippen molar-refractivity contribution in [2.24, 2.45) is 5.41 Å². The second-order valence-electron chi connectivity index (χ2n) is 5.65. The van der Waals surface area contributed by atoms with E-state index in [0.717, 1.165) is 19.4 Å². The maximum Gasteiger partial charge on any atom is 0.310 e. The monoisotopic (exact) mass is 256 g/mol. The second kappa shape index (κ2) is 6.73. The predicted octanol–water partition coefficient (Wildman–Crippen LogP) is 1.14. The number of hydrogen-bond acceptors (Lipinski definition) is 3. The SMILES string of the molecule is CC(C)(CNC(=O)CCC1CCCCN1)C(=O)O. The summed E-state index contributed by atoms with van der Waals surface area (Å²) >= 11 is 0. The zero-order chi connectivity index (χ0) is 13.6. The number of rotatable bonds is 6. The van der Waals surface area contributed by atoms with Crippen LogP contribution < -0.4 is 10.6 Å². The molecule has 1 rings (SSSR count). The fourth-order valence-electron chi connectivity index (χ4n) is 1.96. The molecule has 0 bridgehead atoms. The molecule has 5 nitrogen and oxygen atoms in total. The van der Waals surface area contributed by atoms with Crippen molar-refractivity contribution in [3.63, 3.8) is 0 Å². The Labute approximate surface area is 108 Å². The number of nitrogens with one attached hydrogen (secondary N) is 2. The van der Waals surface area contributed by atoms with E-state index in [-0.39, 0.29) is 12.5 Å². The zero-order valence-electron chi connectivity index (χ0n) is 11.3. The van der Waals surface area contributed by atoms with Crippen LogP contribution in [0.1, 0.15) is 46.0 Å². The van der Waals surface area contributed by atoms with Crippen molar-refractivity contribution in [3.8, 4) is 0 Å². The Morgan fingerprint density at radius 2 is 2.11 bits per heavy atom. The maximum atomic E-state index is 11.6. The summed E-state index contributed by atoms with van der Waals surface area (Å²) in [5.41, 5.74) is -0.904. The summed E-state index contributed by atoms with van der Waals surface area (Å²) in [5, 5.41) is 15.0. The van der Waals surface area contributed by atoms with Gasteiger partial charge in [0, 0.05) is 19.0 Å². The van der Waals surface area contributed by atoms with Crippen molar-refractivity contribution in [1.29, 1.82) is 0 Å². The summed E-state index contributed by atoms with van der Waals surface area (Å²) in [5.74, 6) is -0.951. The van der Waals surface area contributed by atoms with Crippen molar-refractivity contribution >= 4 is 11.9 Å². The van der Waals surface area contributed by atoms with Crippen LogP contribution in [0.4, 0.5) is 0 Å². The molecule has 0 aromatic heterocycles. The number of aliphatic carboxylic acids is 1. The third kappa shape index (κ3) is 5.04. The molecule has 1 amide bonds. The molecule has 18 heavy (non-hydrogen) atoms. The standard InChI is InChI=1S/C13H24N2O3/c1-13(2,12(17)18)9-15-11(16)7-6-10-5-3-4-8-14-10/h10,14H,3-9H2,1-2H3,(H,15,16)(H,17,18). The number of carboxylic acids is 1. The minimum Gasteiger partial charge on any atom is -0.481 e. The van der Waals surface area contributed by atoms with Gasteiger partial charge in [0.1, 0.15) is 0 Å². The summed E-state index contributed by atoms with van der Waals surface area (Å²) in [6.07, 6.45) is 4.88. The van der Waals surface area contributed by atoms with Gasteiger partial charge in [-0.25, -0.2) is 0 Å². The Bertz CT molecular complexity index is 297. The Morgan fingerprint density at radius 3 is 2.67 bits per heavy atom. The smallest absolute Gasteiger partial charge is 0.310 e. The average molecular weight is 256 g/mol. The van der Waals surface area contributed by atoms with Crippen molar-refractivity contribution in [3.05, 3.63) is 0 Å². The van der Waals surface area contributed by atoms with Gasteiger partial charge in [0.25, 0.3) is 0 Å². The molecule has 1 fully saturated rings. The van der Waals surface area contributed by atoms with E-state index < -0.39 is 11.4 Å². The van der Waals surface area contributed by atoms with Crippen LogP contribution in [0.25, 0.3) is 0 Å². The number of piperidine rings is 1. The normalized spacial score (nSPS) is 20.4. The first-order chi connectivity index (χ1) is 8.42. The van der Waals surface area contributed by atoms with E-state index in [1.54, 1.807) is 13.8 Å².